The molecular weight excluding hydrogens is 224 g/mol. The van der Waals surface area contributed by atoms with Gasteiger partial charge in [0, 0.05) is 19.6 Å². The van der Waals surface area contributed by atoms with Crippen LogP contribution in [0.5, 0.6) is 0 Å². The fourth-order valence-corrected chi connectivity index (χ4v) is 2.38. The van der Waals surface area contributed by atoms with E-state index in [0.717, 1.165) is 19.4 Å². The molecule has 16 heavy (non-hydrogen) atoms. The van der Waals surface area contributed by atoms with Crippen LogP contribution in [0.2, 0.25) is 0 Å². The van der Waals surface area contributed by atoms with Crippen LogP contribution in [0.4, 0.5) is 0 Å². The lowest BCUT2D eigenvalue weighted by atomic mass is 9.97. The smallest absolute Gasteiger partial charge is 0.232 e. The van der Waals surface area contributed by atoms with Crippen LogP contribution < -0.4 is 5.32 Å². The summed E-state index contributed by atoms with van der Waals surface area (Å²) in [4.78, 5) is 25.2. The number of piperidine rings is 1. The SMILES string of the molecule is CCNC(=O)C1CCCN(C(=O)CSC)C1. The molecule has 0 bridgehead atoms. The summed E-state index contributed by atoms with van der Waals surface area (Å²) in [6, 6.07) is 0. The van der Waals surface area contributed by atoms with E-state index in [2.05, 4.69) is 5.32 Å². The minimum atomic E-state index is -0.0143. The molecule has 1 heterocycles. The zero-order valence-corrected chi connectivity index (χ0v) is 10.8. The van der Waals surface area contributed by atoms with Gasteiger partial charge in [-0.1, -0.05) is 0 Å². The maximum Gasteiger partial charge on any atom is 0.232 e. The minimum absolute atomic E-state index is 0.0143. The molecule has 1 unspecified atom stereocenters. The maximum atomic E-state index is 11.7. The quantitative estimate of drug-likeness (QED) is 0.793. The fourth-order valence-electron chi connectivity index (χ4n) is 1.95. The maximum absolute atomic E-state index is 11.7. The molecule has 5 heteroatoms. The number of nitrogens with one attached hydrogen (secondary N) is 1. The Labute approximate surface area is 101 Å². The van der Waals surface area contributed by atoms with Gasteiger partial charge in [-0.25, -0.2) is 0 Å². The molecule has 1 rings (SSSR count). The van der Waals surface area contributed by atoms with Crippen molar-refractivity contribution < 1.29 is 9.59 Å². The summed E-state index contributed by atoms with van der Waals surface area (Å²) in [5, 5.41) is 2.82. The largest absolute Gasteiger partial charge is 0.356 e. The van der Waals surface area contributed by atoms with Crippen LogP contribution in [0, 0.1) is 5.92 Å². The van der Waals surface area contributed by atoms with Gasteiger partial charge >= 0.3 is 0 Å². The van der Waals surface area contributed by atoms with Gasteiger partial charge in [0.2, 0.25) is 11.8 Å². The Kier molecular flexibility index (Phi) is 5.66. The number of hydrogen-bond donors (Lipinski definition) is 1. The molecule has 1 fully saturated rings. The molecule has 0 aromatic carbocycles. The number of amides is 2. The first-order chi connectivity index (χ1) is 7.69. The molecule has 1 aliphatic heterocycles. The molecule has 1 atom stereocenters. The van der Waals surface area contributed by atoms with Crippen molar-refractivity contribution >= 4 is 23.6 Å². The molecule has 1 saturated heterocycles. The highest BCUT2D eigenvalue weighted by atomic mass is 32.2. The Bertz CT molecular complexity index is 234. The van der Waals surface area contributed by atoms with Crippen LogP contribution in [-0.4, -0.2) is 48.4 Å². The van der Waals surface area contributed by atoms with Crippen LogP contribution in [0.3, 0.4) is 0 Å². The van der Waals surface area contributed by atoms with Gasteiger partial charge < -0.3 is 10.2 Å². The molecule has 0 aliphatic carbocycles. The average Bonchev–Trinajstić information content (AvgIpc) is 2.30. The van der Waals surface area contributed by atoms with Crippen molar-refractivity contribution in [3.8, 4) is 0 Å². The van der Waals surface area contributed by atoms with Crippen molar-refractivity contribution in [1.29, 1.82) is 0 Å². The third-order valence-electron chi connectivity index (χ3n) is 2.76. The standard InChI is InChI=1S/C11H20N2O2S/c1-3-12-11(15)9-5-4-6-13(7-9)10(14)8-16-2/h9H,3-8H2,1-2H3,(H,12,15). The van der Waals surface area contributed by atoms with Crippen molar-refractivity contribution in [2.75, 3.05) is 31.6 Å². The predicted molar refractivity (Wildman–Crippen MR) is 66.4 cm³/mol. The molecule has 0 saturated carbocycles. The Morgan fingerprint density at radius 3 is 2.88 bits per heavy atom. The lowest BCUT2D eigenvalue weighted by molar-refractivity contribution is -0.133. The van der Waals surface area contributed by atoms with Crippen molar-refractivity contribution in [2.45, 2.75) is 19.8 Å². The van der Waals surface area contributed by atoms with Crippen LogP contribution in [-0.2, 0) is 9.59 Å². The van der Waals surface area contributed by atoms with Crippen LogP contribution >= 0.6 is 11.8 Å². The molecule has 2 amide bonds. The lowest BCUT2D eigenvalue weighted by Crippen LogP contribution is -2.46. The zero-order chi connectivity index (χ0) is 12.0. The van der Waals surface area contributed by atoms with E-state index in [4.69, 9.17) is 0 Å². The molecule has 0 aromatic heterocycles. The summed E-state index contributed by atoms with van der Waals surface area (Å²) in [6.07, 6.45) is 3.75. The van der Waals surface area contributed by atoms with E-state index in [-0.39, 0.29) is 17.7 Å². The van der Waals surface area contributed by atoms with Gasteiger partial charge in [0.25, 0.3) is 0 Å². The summed E-state index contributed by atoms with van der Waals surface area (Å²) in [6.45, 7) is 3.96. The molecule has 1 N–H and O–H groups in total. The van der Waals surface area contributed by atoms with Crippen LogP contribution in [0.15, 0.2) is 0 Å². The second kappa shape index (κ2) is 6.78. The first-order valence-corrected chi connectivity index (χ1v) is 7.12. The monoisotopic (exact) mass is 244 g/mol. The molecule has 0 aromatic rings. The summed E-state index contributed by atoms with van der Waals surface area (Å²) in [5.74, 6) is 0.743. The Hall–Kier alpha value is -0.710. The average molecular weight is 244 g/mol. The molecule has 92 valence electrons. The molecule has 1 aliphatic rings. The van der Waals surface area contributed by atoms with Crippen molar-refractivity contribution in [2.24, 2.45) is 5.92 Å². The Morgan fingerprint density at radius 1 is 1.50 bits per heavy atom. The zero-order valence-electron chi connectivity index (χ0n) is 9.99. The Balaban J connectivity index is 2.46. The summed E-state index contributed by atoms with van der Waals surface area (Å²) in [7, 11) is 0. The van der Waals surface area contributed by atoms with Crippen molar-refractivity contribution in [3.63, 3.8) is 0 Å². The number of carbonyl (C=O) groups is 2. The van der Waals surface area contributed by atoms with Crippen molar-refractivity contribution in [3.05, 3.63) is 0 Å². The fraction of sp³-hybridized carbons (Fsp3) is 0.818. The first kappa shape index (κ1) is 13.4. The van der Waals surface area contributed by atoms with E-state index >= 15 is 0 Å². The number of hydrogen-bond acceptors (Lipinski definition) is 3. The van der Waals surface area contributed by atoms with E-state index < -0.39 is 0 Å². The van der Waals surface area contributed by atoms with E-state index in [1.165, 1.54) is 11.8 Å². The highest BCUT2D eigenvalue weighted by molar-refractivity contribution is 7.99. The van der Waals surface area contributed by atoms with Gasteiger partial charge in [0.15, 0.2) is 0 Å². The van der Waals surface area contributed by atoms with Gasteiger partial charge in [-0.05, 0) is 26.0 Å². The van der Waals surface area contributed by atoms with E-state index in [9.17, 15) is 9.59 Å². The second-order valence-electron chi connectivity index (χ2n) is 4.01. The van der Waals surface area contributed by atoms with Gasteiger partial charge in [-0.2, -0.15) is 11.8 Å². The number of carbonyl (C=O) groups excluding carboxylic acids is 2. The van der Waals surface area contributed by atoms with Gasteiger partial charge in [0.1, 0.15) is 0 Å². The van der Waals surface area contributed by atoms with Gasteiger partial charge in [-0.3, -0.25) is 9.59 Å². The second-order valence-corrected chi connectivity index (χ2v) is 4.87. The number of nitrogens with zero attached hydrogens (tertiary/aromatic N) is 1. The number of thioether (sulfide) groups is 1. The first-order valence-electron chi connectivity index (χ1n) is 5.73. The lowest BCUT2D eigenvalue weighted by Gasteiger charge is -2.31. The molecular formula is C11H20N2O2S. The summed E-state index contributed by atoms with van der Waals surface area (Å²) < 4.78 is 0. The van der Waals surface area contributed by atoms with E-state index in [1.807, 2.05) is 18.1 Å². The highest BCUT2D eigenvalue weighted by Gasteiger charge is 2.27. The molecule has 4 nitrogen and oxygen atoms in total. The summed E-state index contributed by atoms with van der Waals surface area (Å²) in [5.41, 5.74) is 0. The number of rotatable bonds is 4. The third-order valence-corrected chi connectivity index (χ3v) is 3.30. The third kappa shape index (κ3) is 3.70. The topological polar surface area (TPSA) is 49.4 Å². The van der Waals surface area contributed by atoms with E-state index in [1.54, 1.807) is 0 Å². The highest BCUT2D eigenvalue weighted by Crippen LogP contribution is 2.17. The summed E-state index contributed by atoms with van der Waals surface area (Å²) >= 11 is 1.53. The van der Waals surface area contributed by atoms with Crippen LogP contribution in [0.1, 0.15) is 19.8 Å². The molecule has 0 radical (unpaired) electrons. The van der Waals surface area contributed by atoms with E-state index in [0.29, 0.717) is 18.8 Å². The van der Waals surface area contributed by atoms with Crippen molar-refractivity contribution in [1.82, 2.24) is 10.2 Å². The van der Waals surface area contributed by atoms with Crippen LogP contribution in [0.25, 0.3) is 0 Å². The predicted octanol–water partition coefficient (Wildman–Crippen LogP) is 0.724. The van der Waals surface area contributed by atoms with Gasteiger partial charge in [-0.15, -0.1) is 0 Å². The molecule has 0 spiro atoms. The minimum Gasteiger partial charge on any atom is -0.356 e. The number of likely N-dealkylation sites (tertiary alicyclic amines) is 1. The Morgan fingerprint density at radius 2 is 2.25 bits per heavy atom. The normalized spacial score (nSPS) is 20.6. The van der Waals surface area contributed by atoms with Gasteiger partial charge in [0.05, 0.1) is 11.7 Å².